The SMILES string of the molecule is NCC1CCCC1NC(=O)c1ccccc1C(=O)c1ccc(F)cc1. The molecular weight excluding hydrogens is 319 g/mol. The van der Waals surface area contributed by atoms with Crippen molar-refractivity contribution in [2.45, 2.75) is 25.3 Å². The molecule has 2 unspecified atom stereocenters. The molecule has 0 aromatic heterocycles. The summed E-state index contributed by atoms with van der Waals surface area (Å²) in [6, 6.07) is 12.1. The van der Waals surface area contributed by atoms with Gasteiger partial charge in [0.1, 0.15) is 5.82 Å². The molecule has 2 atom stereocenters. The summed E-state index contributed by atoms with van der Waals surface area (Å²) in [5.41, 5.74) is 6.76. The molecule has 25 heavy (non-hydrogen) atoms. The standard InChI is InChI=1S/C20H21FN2O2/c21-15-10-8-13(9-11-15)19(24)16-5-1-2-6-17(16)20(25)23-18-7-3-4-14(18)12-22/h1-2,5-6,8-11,14,18H,3-4,7,12,22H2,(H,23,25). The van der Waals surface area contributed by atoms with E-state index in [1.165, 1.54) is 24.3 Å². The first-order valence-electron chi connectivity index (χ1n) is 8.50. The van der Waals surface area contributed by atoms with Gasteiger partial charge in [0.05, 0.1) is 5.56 Å². The molecule has 0 spiro atoms. The van der Waals surface area contributed by atoms with Crippen molar-refractivity contribution in [1.29, 1.82) is 0 Å². The van der Waals surface area contributed by atoms with Gasteiger partial charge in [-0.1, -0.05) is 24.6 Å². The van der Waals surface area contributed by atoms with Gasteiger partial charge >= 0.3 is 0 Å². The monoisotopic (exact) mass is 340 g/mol. The van der Waals surface area contributed by atoms with E-state index in [1.54, 1.807) is 24.3 Å². The summed E-state index contributed by atoms with van der Waals surface area (Å²) in [5, 5.41) is 3.02. The van der Waals surface area contributed by atoms with Gasteiger partial charge in [-0.2, -0.15) is 0 Å². The Morgan fingerprint density at radius 1 is 1.04 bits per heavy atom. The normalized spacial score (nSPS) is 19.6. The Morgan fingerprint density at radius 2 is 1.72 bits per heavy atom. The molecule has 1 amide bonds. The summed E-state index contributed by atoms with van der Waals surface area (Å²) in [7, 11) is 0. The highest BCUT2D eigenvalue weighted by Gasteiger charge is 2.28. The lowest BCUT2D eigenvalue weighted by molar-refractivity contribution is 0.0919. The smallest absolute Gasteiger partial charge is 0.252 e. The average molecular weight is 340 g/mol. The average Bonchev–Trinajstić information content (AvgIpc) is 3.09. The Labute approximate surface area is 146 Å². The van der Waals surface area contributed by atoms with Crippen LogP contribution in [0.2, 0.25) is 0 Å². The predicted molar refractivity (Wildman–Crippen MR) is 93.9 cm³/mol. The van der Waals surface area contributed by atoms with Crippen LogP contribution in [-0.4, -0.2) is 24.3 Å². The number of ketones is 1. The molecule has 2 aromatic rings. The molecule has 4 nitrogen and oxygen atoms in total. The lowest BCUT2D eigenvalue weighted by Gasteiger charge is -2.20. The van der Waals surface area contributed by atoms with Gasteiger partial charge < -0.3 is 11.1 Å². The van der Waals surface area contributed by atoms with Crippen molar-refractivity contribution < 1.29 is 14.0 Å². The van der Waals surface area contributed by atoms with Crippen LogP contribution in [-0.2, 0) is 0 Å². The van der Waals surface area contributed by atoms with Crippen molar-refractivity contribution in [2.75, 3.05) is 6.54 Å². The molecule has 1 fully saturated rings. The number of carbonyl (C=O) groups excluding carboxylic acids is 2. The maximum absolute atomic E-state index is 13.1. The Bertz CT molecular complexity index is 774. The summed E-state index contributed by atoms with van der Waals surface area (Å²) in [6.07, 6.45) is 2.96. The molecule has 1 aliphatic carbocycles. The summed E-state index contributed by atoms with van der Waals surface area (Å²) >= 11 is 0. The number of nitrogens with one attached hydrogen (secondary N) is 1. The minimum Gasteiger partial charge on any atom is -0.349 e. The zero-order valence-electron chi connectivity index (χ0n) is 13.9. The van der Waals surface area contributed by atoms with E-state index in [0.717, 1.165) is 19.3 Å². The van der Waals surface area contributed by atoms with Gasteiger partial charge in [0.15, 0.2) is 5.78 Å². The quantitative estimate of drug-likeness (QED) is 0.822. The van der Waals surface area contributed by atoms with Crippen molar-refractivity contribution in [3.8, 4) is 0 Å². The Hall–Kier alpha value is -2.53. The topological polar surface area (TPSA) is 72.2 Å². The van der Waals surface area contributed by atoms with E-state index < -0.39 is 5.82 Å². The van der Waals surface area contributed by atoms with Crippen LogP contribution in [0.4, 0.5) is 4.39 Å². The second-order valence-corrected chi connectivity index (χ2v) is 6.39. The van der Waals surface area contributed by atoms with Gasteiger partial charge in [0, 0.05) is 17.2 Å². The van der Waals surface area contributed by atoms with Crippen molar-refractivity contribution in [1.82, 2.24) is 5.32 Å². The van der Waals surface area contributed by atoms with Gasteiger partial charge in [0.25, 0.3) is 5.91 Å². The molecule has 3 N–H and O–H groups in total. The molecule has 5 heteroatoms. The first-order valence-corrected chi connectivity index (χ1v) is 8.50. The number of rotatable bonds is 5. The highest BCUT2D eigenvalue weighted by molar-refractivity contribution is 6.15. The molecule has 0 radical (unpaired) electrons. The summed E-state index contributed by atoms with van der Waals surface area (Å²) in [5.74, 6) is -0.690. The first-order chi connectivity index (χ1) is 12.1. The molecule has 3 rings (SSSR count). The molecule has 2 aromatic carbocycles. The fourth-order valence-corrected chi connectivity index (χ4v) is 3.39. The zero-order valence-corrected chi connectivity index (χ0v) is 13.9. The van der Waals surface area contributed by atoms with Crippen LogP contribution < -0.4 is 11.1 Å². The van der Waals surface area contributed by atoms with E-state index in [-0.39, 0.29) is 23.7 Å². The first kappa shape index (κ1) is 17.3. The predicted octanol–water partition coefficient (Wildman–Crippen LogP) is 2.91. The Morgan fingerprint density at radius 3 is 2.40 bits per heavy atom. The largest absolute Gasteiger partial charge is 0.349 e. The van der Waals surface area contributed by atoms with Crippen LogP contribution in [0.15, 0.2) is 48.5 Å². The van der Waals surface area contributed by atoms with Crippen molar-refractivity contribution in [2.24, 2.45) is 11.7 Å². The van der Waals surface area contributed by atoms with E-state index in [4.69, 9.17) is 5.73 Å². The van der Waals surface area contributed by atoms with Gasteiger partial charge in [0.2, 0.25) is 0 Å². The van der Waals surface area contributed by atoms with E-state index in [1.807, 2.05) is 0 Å². The third kappa shape index (κ3) is 3.77. The Balaban J connectivity index is 1.84. The molecule has 0 bridgehead atoms. The van der Waals surface area contributed by atoms with E-state index in [2.05, 4.69) is 5.32 Å². The van der Waals surface area contributed by atoms with Gasteiger partial charge in [-0.3, -0.25) is 9.59 Å². The van der Waals surface area contributed by atoms with E-state index in [9.17, 15) is 14.0 Å². The second-order valence-electron chi connectivity index (χ2n) is 6.39. The molecule has 1 aliphatic rings. The fourth-order valence-electron chi connectivity index (χ4n) is 3.39. The second kappa shape index (κ2) is 7.57. The number of benzene rings is 2. The number of amides is 1. The summed E-state index contributed by atoms with van der Waals surface area (Å²) in [4.78, 5) is 25.4. The maximum Gasteiger partial charge on any atom is 0.252 e. The van der Waals surface area contributed by atoms with Crippen LogP contribution in [0, 0.1) is 11.7 Å². The minimum atomic E-state index is -0.406. The van der Waals surface area contributed by atoms with E-state index >= 15 is 0 Å². The van der Waals surface area contributed by atoms with Crippen molar-refractivity contribution in [3.63, 3.8) is 0 Å². The van der Waals surface area contributed by atoms with Crippen LogP contribution in [0.1, 0.15) is 45.5 Å². The summed E-state index contributed by atoms with van der Waals surface area (Å²) < 4.78 is 13.1. The molecule has 1 saturated carbocycles. The lowest BCUT2D eigenvalue weighted by Crippen LogP contribution is -2.40. The fraction of sp³-hybridized carbons (Fsp3) is 0.300. The molecule has 0 aliphatic heterocycles. The van der Waals surface area contributed by atoms with Crippen molar-refractivity contribution >= 4 is 11.7 Å². The third-order valence-corrected chi connectivity index (χ3v) is 4.80. The minimum absolute atomic E-state index is 0.0477. The maximum atomic E-state index is 13.1. The molecule has 0 heterocycles. The number of hydrogen-bond acceptors (Lipinski definition) is 3. The van der Waals surface area contributed by atoms with Crippen LogP contribution >= 0.6 is 0 Å². The Kier molecular flexibility index (Phi) is 5.24. The molecular formula is C20H21FN2O2. The zero-order chi connectivity index (χ0) is 17.8. The lowest BCUT2D eigenvalue weighted by atomic mass is 9.97. The van der Waals surface area contributed by atoms with Crippen LogP contribution in [0.25, 0.3) is 0 Å². The third-order valence-electron chi connectivity index (χ3n) is 4.80. The van der Waals surface area contributed by atoms with Crippen molar-refractivity contribution in [3.05, 3.63) is 71.0 Å². The van der Waals surface area contributed by atoms with Gasteiger partial charge in [-0.05, 0) is 55.6 Å². The highest BCUT2D eigenvalue weighted by Crippen LogP contribution is 2.25. The number of hydrogen-bond donors (Lipinski definition) is 2. The molecule has 130 valence electrons. The number of halogens is 1. The van der Waals surface area contributed by atoms with Crippen LogP contribution in [0.5, 0.6) is 0 Å². The number of nitrogens with two attached hydrogens (primary N) is 1. The van der Waals surface area contributed by atoms with Gasteiger partial charge in [-0.15, -0.1) is 0 Å². The summed E-state index contributed by atoms with van der Waals surface area (Å²) in [6.45, 7) is 0.543. The highest BCUT2D eigenvalue weighted by atomic mass is 19.1. The van der Waals surface area contributed by atoms with Gasteiger partial charge in [-0.25, -0.2) is 4.39 Å². The number of carbonyl (C=O) groups is 2. The molecule has 0 saturated heterocycles. The van der Waals surface area contributed by atoms with Crippen LogP contribution in [0.3, 0.4) is 0 Å². The van der Waals surface area contributed by atoms with E-state index in [0.29, 0.717) is 23.2 Å².